The van der Waals surface area contributed by atoms with Crippen molar-refractivity contribution in [3.05, 3.63) is 41.1 Å². The second kappa shape index (κ2) is 9.41. The lowest BCUT2D eigenvalue weighted by molar-refractivity contribution is 0.304. The largest absolute Gasteiger partial charge is 0.494 e. The molecule has 0 amide bonds. The maximum atomic E-state index is 9.63. The zero-order chi connectivity index (χ0) is 19.1. The van der Waals surface area contributed by atoms with Crippen LogP contribution in [0.5, 0.6) is 5.75 Å². The fourth-order valence-corrected chi connectivity index (χ4v) is 3.81. The van der Waals surface area contributed by atoms with Crippen molar-refractivity contribution in [2.75, 3.05) is 12.3 Å². The molecule has 0 fully saturated rings. The van der Waals surface area contributed by atoms with Crippen molar-refractivity contribution in [2.24, 2.45) is 0 Å². The first-order valence-corrected chi connectivity index (χ1v) is 10.2. The van der Waals surface area contributed by atoms with E-state index in [2.05, 4.69) is 18.0 Å². The van der Waals surface area contributed by atoms with Crippen LogP contribution in [0.2, 0.25) is 0 Å². The molecule has 0 spiro atoms. The molecule has 1 aliphatic carbocycles. The van der Waals surface area contributed by atoms with Gasteiger partial charge in [-0.15, -0.1) is 0 Å². The Hall–Kier alpha value is -2.54. The molecule has 0 bridgehead atoms. The molecule has 0 atom stereocenters. The smallest absolute Gasteiger partial charge is 0.142 e. The van der Waals surface area contributed by atoms with E-state index in [-0.39, 0.29) is 0 Å². The van der Waals surface area contributed by atoms with Crippen LogP contribution in [0, 0.1) is 11.3 Å². The van der Waals surface area contributed by atoms with Gasteiger partial charge in [0.15, 0.2) is 0 Å². The fraction of sp³-hybridized carbons (Fsp3) is 0.478. The van der Waals surface area contributed by atoms with Crippen molar-refractivity contribution in [3.8, 4) is 22.9 Å². The van der Waals surface area contributed by atoms with Crippen molar-refractivity contribution in [1.82, 2.24) is 4.98 Å². The number of unbranched alkanes of at least 4 members (excludes halogenated alkanes) is 4. The van der Waals surface area contributed by atoms with Crippen LogP contribution in [0.15, 0.2) is 24.3 Å². The number of benzene rings is 1. The van der Waals surface area contributed by atoms with Crippen molar-refractivity contribution < 1.29 is 4.74 Å². The molecule has 1 aliphatic rings. The van der Waals surface area contributed by atoms with Crippen molar-refractivity contribution >= 4 is 5.82 Å². The average Bonchev–Trinajstić information content (AvgIpc) is 2.70. The van der Waals surface area contributed by atoms with E-state index in [4.69, 9.17) is 10.5 Å². The number of aryl methyl sites for hydroxylation is 1. The lowest BCUT2D eigenvalue weighted by Gasteiger charge is -2.21. The molecule has 3 rings (SSSR count). The Labute approximate surface area is 162 Å². The van der Waals surface area contributed by atoms with Crippen molar-refractivity contribution in [2.45, 2.75) is 64.7 Å². The Balaban J connectivity index is 1.75. The number of nitriles is 1. The summed E-state index contributed by atoms with van der Waals surface area (Å²) in [7, 11) is 0. The molecule has 27 heavy (non-hydrogen) atoms. The maximum absolute atomic E-state index is 9.63. The fourth-order valence-electron chi connectivity index (χ4n) is 3.81. The van der Waals surface area contributed by atoms with E-state index < -0.39 is 0 Å². The molecule has 4 heteroatoms. The molecule has 1 heterocycles. The monoisotopic (exact) mass is 363 g/mol. The summed E-state index contributed by atoms with van der Waals surface area (Å²) >= 11 is 0. The Kier molecular flexibility index (Phi) is 6.70. The van der Waals surface area contributed by atoms with Gasteiger partial charge in [-0.05, 0) is 55.4 Å². The van der Waals surface area contributed by atoms with E-state index in [0.717, 1.165) is 61.3 Å². The predicted molar refractivity (Wildman–Crippen MR) is 110 cm³/mol. The highest BCUT2D eigenvalue weighted by Crippen LogP contribution is 2.36. The second-order valence-electron chi connectivity index (χ2n) is 7.28. The molecule has 1 aromatic carbocycles. The highest BCUT2D eigenvalue weighted by Gasteiger charge is 2.21. The molecule has 0 aliphatic heterocycles. The maximum Gasteiger partial charge on any atom is 0.142 e. The van der Waals surface area contributed by atoms with Gasteiger partial charge in [0.05, 0.1) is 6.61 Å². The normalized spacial score (nSPS) is 13.0. The summed E-state index contributed by atoms with van der Waals surface area (Å²) in [5.74, 6) is 1.23. The summed E-state index contributed by atoms with van der Waals surface area (Å²) in [6.07, 6.45) is 10.3. The number of fused-ring (bicyclic) bond motifs is 1. The first kappa shape index (κ1) is 19.2. The third-order valence-electron chi connectivity index (χ3n) is 5.27. The molecular weight excluding hydrogens is 334 g/mol. The van der Waals surface area contributed by atoms with Crippen LogP contribution >= 0.6 is 0 Å². The van der Waals surface area contributed by atoms with Crippen LogP contribution < -0.4 is 10.5 Å². The molecule has 4 nitrogen and oxygen atoms in total. The highest BCUT2D eigenvalue weighted by atomic mass is 16.5. The number of anilines is 1. The van der Waals surface area contributed by atoms with E-state index in [1.807, 2.05) is 24.3 Å². The van der Waals surface area contributed by atoms with Gasteiger partial charge >= 0.3 is 0 Å². The van der Waals surface area contributed by atoms with Gasteiger partial charge in [-0.2, -0.15) is 5.26 Å². The highest BCUT2D eigenvalue weighted by molar-refractivity contribution is 5.79. The number of aromatic nitrogens is 1. The molecular formula is C23H29N3O. The van der Waals surface area contributed by atoms with Crippen LogP contribution in [-0.2, 0) is 12.8 Å². The predicted octanol–water partition coefficient (Wildman–Crippen LogP) is 5.43. The summed E-state index contributed by atoms with van der Waals surface area (Å²) in [5, 5.41) is 9.63. The summed E-state index contributed by atoms with van der Waals surface area (Å²) in [4.78, 5) is 4.49. The molecule has 0 radical (unpaired) electrons. The number of nitrogens with zero attached hydrogens (tertiary/aromatic N) is 2. The molecule has 0 unspecified atom stereocenters. The Morgan fingerprint density at radius 1 is 1.07 bits per heavy atom. The van der Waals surface area contributed by atoms with Gasteiger partial charge in [-0.3, -0.25) is 0 Å². The summed E-state index contributed by atoms with van der Waals surface area (Å²) in [6, 6.07) is 10.3. The lowest BCUT2D eigenvalue weighted by Crippen LogP contribution is -2.11. The van der Waals surface area contributed by atoms with Crippen molar-refractivity contribution in [1.29, 1.82) is 5.26 Å². The quantitative estimate of drug-likeness (QED) is 0.635. The zero-order valence-electron chi connectivity index (χ0n) is 16.3. The number of pyridine rings is 1. The third kappa shape index (κ3) is 4.60. The number of ether oxygens (including phenoxy) is 1. The van der Waals surface area contributed by atoms with Gasteiger partial charge in [-0.25, -0.2) is 4.98 Å². The van der Waals surface area contributed by atoms with Gasteiger partial charge in [0.2, 0.25) is 0 Å². The topological polar surface area (TPSA) is 71.9 Å². The van der Waals surface area contributed by atoms with E-state index in [9.17, 15) is 5.26 Å². The van der Waals surface area contributed by atoms with Crippen LogP contribution in [0.25, 0.3) is 11.1 Å². The Morgan fingerprint density at radius 3 is 2.56 bits per heavy atom. The minimum absolute atomic E-state index is 0.348. The standard InChI is InChI=1S/C23H29N3O/c1-2-3-4-5-8-15-27-18-13-11-17(12-14-18)22-19-9-6-7-10-21(19)26-23(25)20(22)16-24/h11-14H,2-10,15H2,1H3,(H2,25,26). The Bertz CT molecular complexity index is 806. The van der Waals surface area contributed by atoms with E-state index in [0.29, 0.717) is 11.4 Å². The van der Waals surface area contributed by atoms with Gasteiger partial charge < -0.3 is 10.5 Å². The van der Waals surface area contributed by atoms with Gasteiger partial charge in [-0.1, -0.05) is 44.7 Å². The Morgan fingerprint density at radius 2 is 1.81 bits per heavy atom. The first-order chi connectivity index (χ1) is 13.2. The van der Waals surface area contributed by atoms with Gasteiger partial charge in [0.25, 0.3) is 0 Å². The van der Waals surface area contributed by atoms with Gasteiger partial charge in [0, 0.05) is 11.3 Å². The molecule has 2 aromatic rings. The van der Waals surface area contributed by atoms with Crippen LogP contribution in [0.4, 0.5) is 5.82 Å². The number of hydrogen-bond acceptors (Lipinski definition) is 4. The number of nitrogens with two attached hydrogens (primary N) is 1. The second-order valence-corrected chi connectivity index (χ2v) is 7.28. The summed E-state index contributed by atoms with van der Waals surface area (Å²) in [6.45, 7) is 2.98. The minimum atomic E-state index is 0.348. The van der Waals surface area contributed by atoms with Crippen LogP contribution in [-0.4, -0.2) is 11.6 Å². The van der Waals surface area contributed by atoms with Crippen LogP contribution in [0.3, 0.4) is 0 Å². The minimum Gasteiger partial charge on any atom is -0.494 e. The van der Waals surface area contributed by atoms with Gasteiger partial charge in [0.1, 0.15) is 23.2 Å². The van der Waals surface area contributed by atoms with Crippen molar-refractivity contribution in [3.63, 3.8) is 0 Å². The molecule has 0 saturated heterocycles. The molecule has 2 N–H and O–H groups in total. The van der Waals surface area contributed by atoms with E-state index in [1.165, 1.54) is 31.2 Å². The number of nitrogen functional groups attached to an aromatic ring is 1. The first-order valence-electron chi connectivity index (χ1n) is 10.2. The van der Waals surface area contributed by atoms with E-state index >= 15 is 0 Å². The SMILES string of the molecule is CCCCCCCOc1ccc(-c2c(C#N)c(N)nc3c2CCCC3)cc1. The lowest BCUT2D eigenvalue weighted by atomic mass is 9.86. The third-order valence-corrected chi connectivity index (χ3v) is 5.27. The summed E-state index contributed by atoms with van der Waals surface area (Å²) < 4.78 is 5.87. The molecule has 1 aromatic heterocycles. The molecule has 0 saturated carbocycles. The zero-order valence-corrected chi connectivity index (χ0v) is 16.3. The average molecular weight is 364 g/mol. The number of rotatable bonds is 8. The number of hydrogen-bond donors (Lipinski definition) is 1. The van der Waals surface area contributed by atoms with E-state index in [1.54, 1.807) is 0 Å². The molecule has 142 valence electrons. The summed E-state index contributed by atoms with van der Waals surface area (Å²) in [5.41, 5.74) is 10.8. The van der Waals surface area contributed by atoms with Crippen LogP contribution in [0.1, 0.15) is 68.7 Å².